The molecule has 0 saturated heterocycles. The smallest absolute Gasteiger partial charge is 0.768 e. The molecule has 0 heterocycles. The number of hydrogen-bond acceptors (Lipinski definition) is 4. The minimum absolute atomic E-state index is 0. The van der Waals surface area contributed by atoms with Gasteiger partial charge < -0.3 is 14.6 Å². The Morgan fingerprint density at radius 3 is 2.26 bits per heavy atom. The minimum atomic E-state index is -2.23. The second-order valence-corrected chi connectivity index (χ2v) is 5.67. The molecule has 0 radical (unpaired) electrons. The average molecular weight is 293 g/mol. The first-order valence-corrected chi connectivity index (χ1v) is 6.50. The van der Waals surface area contributed by atoms with Crippen molar-refractivity contribution in [3.8, 4) is 0 Å². The molecular weight excluding hydrogens is 277 g/mol. The Labute approximate surface area is 137 Å². The first-order chi connectivity index (χ1) is 8.28. The van der Waals surface area contributed by atoms with Crippen molar-refractivity contribution in [2.45, 2.75) is 37.8 Å². The van der Waals surface area contributed by atoms with Crippen molar-refractivity contribution in [1.82, 2.24) is 5.32 Å². The van der Waals surface area contributed by atoms with Crippen molar-refractivity contribution in [3.05, 3.63) is 29.8 Å². The van der Waals surface area contributed by atoms with Gasteiger partial charge >= 0.3 is 35.7 Å². The number of nitrogens with one attached hydrogen (secondary N) is 1. The van der Waals surface area contributed by atoms with Gasteiger partial charge in [0.2, 0.25) is 0 Å². The first-order valence-electron chi connectivity index (χ1n) is 5.43. The van der Waals surface area contributed by atoms with Crippen LogP contribution >= 0.6 is 0 Å². The maximum Gasteiger partial charge on any atom is 1.00 e. The van der Waals surface area contributed by atoms with Gasteiger partial charge in [0, 0.05) is 11.4 Å². The van der Waals surface area contributed by atoms with Gasteiger partial charge in [0.05, 0.1) is 0 Å². The fourth-order valence-corrected chi connectivity index (χ4v) is 1.57. The van der Waals surface area contributed by atoms with Crippen LogP contribution in [0.25, 0.3) is 0 Å². The van der Waals surface area contributed by atoms with Gasteiger partial charge in [-0.05, 0) is 49.5 Å². The Kier molecular flexibility index (Phi) is 7.85. The number of carbonyl (C=O) groups is 1. The Balaban J connectivity index is 0.00000324. The zero-order valence-electron chi connectivity index (χ0n) is 11.6. The van der Waals surface area contributed by atoms with E-state index >= 15 is 0 Å². The summed E-state index contributed by atoms with van der Waals surface area (Å²) in [6.45, 7) is 5.64. The standard InChI is InChI=1S/C12H17NO4S.Na/c1-12(2,3)17-11(14)13-8-9-4-6-10(7-5-9)18(15)16;/h4-7H,8H2,1-3H3,(H,13,14)(H,15,16);/q;+1/p-1. The summed E-state index contributed by atoms with van der Waals surface area (Å²) in [6, 6.07) is 6.25. The van der Waals surface area contributed by atoms with Crippen molar-refractivity contribution in [1.29, 1.82) is 0 Å². The van der Waals surface area contributed by atoms with Gasteiger partial charge in [0.15, 0.2) is 0 Å². The van der Waals surface area contributed by atoms with E-state index in [0.717, 1.165) is 5.56 Å². The molecule has 100 valence electrons. The summed E-state index contributed by atoms with van der Waals surface area (Å²) in [6.07, 6.45) is -0.501. The van der Waals surface area contributed by atoms with Crippen LogP contribution in [0.5, 0.6) is 0 Å². The van der Waals surface area contributed by atoms with Crippen LogP contribution in [0.15, 0.2) is 29.2 Å². The van der Waals surface area contributed by atoms with Crippen LogP contribution in [0.1, 0.15) is 26.3 Å². The number of rotatable bonds is 3. The van der Waals surface area contributed by atoms with E-state index in [9.17, 15) is 13.6 Å². The fourth-order valence-electron chi connectivity index (χ4n) is 1.21. The molecule has 1 unspecified atom stereocenters. The van der Waals surface area contributed by atoms with E-state index in [4.69, 9.17) is 4.74 Å². The molecule has 1 atom stereocenters. The maximum atomic E-state index is 11.4. The molecule has 0 bridgehead atoms. The van der Waals surface area contributed by atoms with Gasteiger partial charge in [-0.2, -0.15) is 0 Å². The van der Waals surface area contributed by atoms with E-state index < -0.39 is 22.8 Å². The second kappa shape index (κ2) is 8.01. The Bertz CT molecular complexity index is 442. The van der Waals surface area contributed by atoms with Crippen LogP contribution in [0.4, 0.5) is 4.79 Å². The van der Waals surface area contributed by atoms with E-state index in [2.05, 4.69) is 5.32 Å². The van der Waals surface area contributed by atoms with Gasteiger partial charge in [-0.25, -0.2) is 4.79 Å². The molecule has 5 nitrogen and oxygen atoms in total. The first kappa shape index (κ1) is 18.6. The third-order valence-electron chi connectivity index (χ3n) is 1.95. The molecule has 0 aliphatic carbocycles. The van der Waals surface area contributed by atoms with Gasteiger partial charge in [0.1, 0.15) is 5.60 Å². The Morgan fingerprint density at radius 2 is 1.84 bits per heavy atom. The molecule has 0 spiro atoms. The number of carbonyl (C=O) groups excluding carboxylic acids is 1. The second-order valence-electron chi connectivity index (χ2n) is 4.73. The number of alkyl carbamates (subject to hydrolysis) is 1. The Hall–Kier alpha value is -0.400. The monoisotopic (exact) mass is 293 g/mol. The normalized spacial score (nSPS) is 12.2. The van der Waals surface area contributed by atoms with Gasteiger partial charge in [-0.3, -0.25) is 4.21 Å². The number of ether oxygens (including phenoxy) is 1. The molecule has 19 heavy (non-hydrogen) atoms. The largest absolute Gasteiger partial charge is 1.00 e. The average Bonchev–Trinajstić information content (AvgIpc) is 2.24. The predicted molar refractivity (Wildman–Crippen MR) is 66.7 cm³/mol. The molecule has 0 aromatic heterocycles. The molecule has 7 heteroatoms. The zero-order chi connectivity index (χ0) is 13.8. The van der Waals surface area contributed by atoms with E-state index in [1.807, 2.05) is 0 Å². The molecule has 0 aliphatic heterocycles. The van der Waals surface area contributed by atoms with Crippen LogP contribution in [0, 0.1) is 0 Å². The summed E-state index contributed by atoms with van der Waals surface area (Å²) >= 11 is -2.23. The molecular formula is C12H16NNaO4S. The predicted octanol–water partition coefficient (Wildman–Crippen LogP) is -1.05. The van der Waals surface area contributed by atoms with Gasteiger partial charge in [-0.1, -0.05) is 12.1 Å². The molecule has 0 saturated carbocycles. The third-order valence-corrected chi connectivity index (χ3v) is 2.61. The number of benzene rings is 1. The van der Waals surface area contributed by atoms with Crippen molar-refractivity contribution in [2.24, 2.45) is 0 Å². The number of amides is 1. The molecule has 1 rings (SSSR count). The van der Waals surface area contributed by atoms with Crippen molar-refractivity contribution in [2.75, 3.05) is 0 Å². The Morgan fingerprint density at radius 1 is 1.32 bits per heavy atom. The number of hydrogen-bond donors (Lipinski definition) is 1. The van der Waals surface area contributed by atoms with Crippen molar-refractivity contribution in [3.63, 3.8) is 0 Å². The van der Waals surface area contributed by atoms with Crippen LogP contribution in [0.3, 0.4) is 0 Å². The summed E-state index contributed by atoms with van der Waals surface area (Å²) < 4.78 is 26.4. The topological polar surface area (TPSA) is 78.5 Å². The van der Waals surface area contributed by atoms with E-state index in [1.165, 1.54) is 12.1 Å². The fraction of sp³-hybridized carbons (Fsp3) is 0.417. The van der Waals surface area contributed by atoms with Gasteiger partial charge in [-0.15, -0.1) is 0 Å². The van der Waals surface area contributed by atoms with Crippen LogP contribution in [-0.4, -0.2) is 20.5 Å². The van der Waals surface area contributed by atoms with E-state index in [0.29, 0.717) is 6.54 Å². The molecule has 1 N–H and O–H groups in total. The molecule has 1 amide bonds. The summed E-state index contributed by atoms with van der Waals surface area (Å²) in [7, 11) is 0. The van der Waals surface area contributed by atoms with Crippen LogP contribution in [-0.2, 0) is 22.4 Å². The third kappa shape index (κ3) is 7.69. The van der Waals surface area contributed by atoms with E-state index in [-0.39, 0.29) is 34.5 Å². The molecule has 1 aromatic rings. The van der Waals surface area contributed by atoms with Crippen LogP contribution < -0.4 is 34.9 Å². The minimum Gasteiger partial charge on any atom is -0.768 e. The van der Waals surface area contributed by atoms with Crippen molar-refractivity contribution >= 4 is 17.2 Å². The summed E-state index contributed by atoms with van der Waals surface area (Å²) in [5.41, 5.74) is 0.267. The van der Waals surface area contributed by atoms with Gasteiger partial charge in [0.25, 0.3) is 0 Å². The molecule has 0 aliphatic rings. The van der Waals surface area contributed by atoms with E-state index in [1.54, 1.807) is 32.9 Å². The summed E-state index contributed by atoms with van der Waals surface area (Å²) in [5, 5.41) is 2.59. The summed E-state index contributed by atoms with van der Waals surface area (Å²) in [4.78, 5) is 11.6. The van der Waals surface area contributed by atoms with Crippen LogP contribution in [0.2, 0.25) is 0 Å². The SMILES string of the molecule is CC(C)(C)OC(=O)NCc1ccc(S(=O)[O-])cc1.[Na+]. The zero-order valence-corrected chi connectivity index (χ0v) is 14.4. The molecule has 0 fully saturated rings. The summed E-state index contributed by atoms with van der Waals surface area (Å²) in [5.74, 6) is 0. The maximum absolute atomic E-state index is 11.4. The quantitative estimate of drug-likeness (QED) is 0.570. The molecule has 1 aromatic carbocycles. The van der Waals surface area contributed by atoms with Crippen molar-refractivity contribution < 1.29 is 47.9 Å².